The summed E-state index contributed by atoms with van der Waals surface area (Å²) in [5.41, 5.74) is 6.15. The number of allylic oxidation sites excluding steroid dienone is 2. The Morgan fingerprint density at radius 1 is 1.11 bits per heavy atom. The van der Waals surface area contributed by atoms with Crippen LogP contribution in [0.4, 0.5) is 5.69 Å². The Balaban J connectivity index is 1.76. The van der Waals surface area contributed by atoms with Crippen LogP contribution in [-0.2, 0) is 5.41 Å². The molecule has 0 bridgehead atoms. The van der Waals surface area contributed by atoms with Crippen molar-refractivity contribution in [1.29, 1.82) is 0 Å². The smallest absolute Gasteiger partial charge is 0.336 e. The van der Waals surface area contributed by atoms with Gasteiger partial charge in [0.2, 0.25) is 0 Å². The summed E-state index contributed by atoms with van der Waals surface area (Å²) in [7, 11) is 0. The Morgan fingerprint density at radius 2 is 1.81 bits per heavy atom. The normalized spacial score (nSPS) is 23.5. The molecule has 0 amide bonds. The standard InChI is InChI=1S/C24H27NO2/c1-14-17(23(26)27)12-13-20-18-6-5-7-19(18)22(25-21(14)20)15-8-10-16(11-9-15)24(2,3)4/h5-6,8-13,18-19,22,25H,7H2,1-4H3,(H,26,27)/t18-,19-,22+/m0/s1. The Kier molecular flexibility index (Phi) is 4.14. The molecule has 0 unspecified atom stereocenters. The quantitative estimate of drug-likeness (QED) is 0.663. The fraction of sp³-hybridized carbons (Fsp3) is 0.375. The third kappa shape index (κ3) is 2.95. The van der Waals surface area contributed by atoms with Crippen molar-refractivity contribution in [1.82, 2.24) is 0 Å². The Bertz CT molecular complexity index is 919. The highest BCUT2D eigenvalue weighted by Crippen LogP contribution is 2.51. The van der Waals surface area contributed by atoms with Crippen molar-refractivity contribution in [3.05, 3.63) is 76.4 Å². The zero-order chi connectivity index (χ0) is 19.3. The molecule has 0 radical (unpaired) electrons. The molecule has 27 heavy (non-hydrogen) atoms. The SMILES string of the molecule is Cc1c(C(=O)O)ccc2c1N[C@H](c1ccc(C(C)(C)C)cc1)[C@H]1CC=C[C@H]21. The topological polar surface area (TPSA) is 49.3 Å². The number of carboxylic acids is 1. The van der Waals surface area contributed by atoms with Gasteiger partial charge in [0.15, 0.2) is 0 Å². The van der Waals surface area contributed by atoms with Crippen LogP contribution in [0.5, 0.6) is 0 Å². The third-order valence-corrected chi connectivity index (χ3v) is 6.16. The number of aromatic carboxylic acids is 1. The minimum Gasteiger partial charge on any atom is -0.478 e. The maximum Gasteiger partial charge on any atom is 0.336 e. The van der Waals surface area contributed by atoms with Crippen LogP contribution >= 0.6 is 0 Å². The van der Waals surface area contributed by atoms with Crippen molar-refractivity contribution >= 4 is 11.7 Å². The van der Waals surface area contributed by atoms with E-state index in [1.807, 2.05) is 13.0 Å². The van der Waals surface area contributed by atoms with Crippen LogP contribution in [0.15, 0.2) is 48.6 Å². The van der Waals surface area contributed by atoms with E-state index in [9.17, 15) is 9.90 Å². The highest BCUT2D eigenvalue weighted by molar-refractivity contribution is 5.92. The van der Waals surface area contributed by atoms with Gasteiger partial charge in [0.05, 0.1) is 11.6 Å². The highest BCUT2D eigenvalue weighted by atomic mass is 16.4. The van der Waals surface area contributed by atoms with Gasteiger partial charge in [0, 0.05) is 11.6 Å². The Hall–Kier alpha value is -2.55. The first-order valence-corrected chi connectivity index (χ1v) is 9.68. The van der Waals surface area contributed by atoms with Gasteiger partial charge >= 0.3 is 5.97 Å². The fourth-order valence-electron chi connectivity index (χ4n) is 4.57. The number of anilines is 1. The molecule has 3 heteroatoms. The number of benzene rings is 2. The van der Waals surface area contributed by atoms with E-state index >= 15 is 0 Å². The van der Waals surface area contributed by atoms with Gasteiger partial charge < -0.3 is 10.4 Å². The molecule has 0 spiro atoms. The number of carboxylic acid groups (broad SMARTS) is 1. The largest absolute Gasteiger partial charge is 0.478 e. The van der Waals surface area contributed by atoms with Gasteiger partial charge in [-0.25, -0.2) is 4.79 Å². The summed E-state index contributed by atoms with van der Waals surface area (Å²) >= 11 is 0. The van der Waals surface area contributed by atoms with Crippen molar-refractivity contribution in [3.8, 4) is 0 Å². The molecule has 2 aromatic carbocycles. The van der Waals surface area contributed by atoms with Gasteiger partial charge in [0.25, 0.3) is 0 Å². The van der Waals surface area contributed by atoms with E-state index in [-0.39, 0.29) is 11.5 Å². The summed E-state index contributed by atoms with van der Waals surface area (Å²) in [4.78, 5) is 11.6. The first-order valence-electron chi connectivity index (χ1n) is 9.68. The predicted octanol–water partition coefficient (Wildman–Crippen LogP) is 5.82. The van der Waals surface area contributed by atoms with E-state index in [4.69, 9.17) is 0 Å². The molecule has 2 aliphatic rings. The average Bonchev–Trinajstić information content (AvgIpc) is 3.10. The summed E-state index contributed by atoms with van der Waals surface area (Å²) in [5, 5.41) is 13.2. The number of hydrogen-bond acceptors (Lipinski definition) is 2. The molecule has 0 fully saturated rings. The molecule has 0 saturated heterocycles. The van der Waals surface area contributed by atoms with Gasteiger partial charge in [-0.3, -0.25) is 0 Å². The second-order valence-corrected chi connectivity index (χ2v) is 8.86. The second-order valence-electron chi connectivity index (χ2n) is 8.86. The molecule has 4 rings (SSSR count). The van der Waals surface area contributed by atoms with Crippen LogP contribution in [-0.4, -0.2) is 11.1 Å². The first-order chi connectivity index (χ1) is 12.8. The summed E-state index contributed by atoms with van der Waals surface area (Å²) in [5.74, 6) is -0.0598. The molecule has 0 aromatic heterocycles. The average molecular weight is 361 g/mol. The second kappa shape index (κ2) is 6.26. The van der Waals surface area contributed by atoms with Gasteiger partial charge in [-0.05, 0) is 53.0 Å². The van der Waals surface area contributed by atoms with E-state index in [2.05, 4.69) is 62.5 Å². The first kappa shape index (κ1) is 17.8. The van der Waals surface area contributed by atoms with Crippen LogP contribution in [0.3, 0.4) is 0 Å². The number of rotatable bonds is 2. The zero-order valence-corrected chi connectivity index (χ0v) is 16.4. The lowest BCUT2D eigenvalue weighted by Gasteiger charge is -2.38. The minimum absolute atomic E-state index is 0.134. The van der Waals surface area contributed by atoms with Crippen molar-refractivity contribution < 1.29 is 9.90 Å². The Labute approximate surface area is 161 Å². The monoisotopic (exact) mass is 361 g/mol. The fourth-order valence-corrected chi connectivity index (χ4v) is 4.57. The van der Waals surface area contributed by atoms with Crippen LogP contribution in [0, 0.1) is 12.8 Å². The summed E-state index contributed by atoms with van der Waals surface area (Å²) in [6.07, 6.45) is 5.60. The summed E-state index contributed by atoms with van der Waals surface area (Å²) < 4.78 is 0. The number of nitrogens with one attached hydrogen (secondary N) is 1. The van der Waals surface area contributed by atoms with E-state index in [1.165, 1.54) is 16.7 Å². The van der Waals surface area contributed by atoms with Crippen molar-refractivity contribution in [2.45, 2.75) is 51.5 Å². The molecule has 1 aliphatic heterocycles. The summed E-state index contributed by atoms with van der Waals surface area (Å²) in [6, 6.07) is 12.8. The molecular formula is C24H27NO2. The number of fused-ring (bicyclic) bond motifs is 3. The van der Waals surface area contributed by atoms with Gasteiger partial charge in [-0.15, -0.1) is 0 Å². The van der Waals surface area contributed by atoms with Crippen molar-refractivity contribution in [2.24, 2.45) is 5.92 Å². The molecule has 140 valence electrons. The molecule has 2 aromatic rings. The molecule has 1 heterocycles. The van der Waals surface area contributed by atoms with Gasteiger partial charge in [0.1, 0.15) is 0 Å². The lowest BCUT2D eigenvalue weighted by Crippen LogP contribution is -2.30. The lowest BCUT2D eigenvalue weighted by molar-refractivity contribution is 0.0696. The Morgan fingerprint density at radius 3 is 2.44 bits per heavy atom. The zero-order valence-electron chi connectivity index (χ0n) is 16.4. The lowest BCUT2D eigenvalue weighted by atomic mass is 9.75. The van der Waals surface area contributed by atoms with Crippen LogP contribution in [0.2, 0.25) is 0 Å². The molecule has 0 saturated carbocycles. The van der Waals surface area contributed by atoms with Crippen molar-refractivity contribution in [3.63, 3.8) is 0 Å². The maximum atomic E-state index is 11.6. The van der Waals surface area contributed by atoms with E-state index in [1.54, 1.807) is 6.07 Å². The van der Waals surface area contributed by atoms with E-state index in [0.717, 1.165) is 17.7 Å². The van der Waals surface area contributed by atoms with Crippen LogP contribution < -0.4 is 5.32 Å². The molecule has 2 N–H and O–H groups in total. The van der Waals surface area contributed by atoms with Gasteiger partial charge in [-0.1, -0.05) is 63.3 Å². The highest BCUT2D eigenvalue weighted by Gasteiger charge is 2.39. The molecular weight excluding hydrogens is 334 g/mol. The van der Waals surface area contributed by atoms with Crippen LogP contribution in [0.25, 0.3) is 0 Å². The molecule has 3 nitrogen and oxygen atoms in total. The molecule has 3 atom stereocenters. The van der Waals surface area contributed by atoms with Crippen molar-refractivity contribution in [2.75, 3.05) is 5.32 Å². The summed E-state index contributed by atoms with van der Waals surface area (Å²) in [6.45, 7) is 8.59. The maximum absolute atomic E-state index is 11.6. The predicted molar refractivity (Wildman–Crippen MR) is 110 cm³/mol. The van der Waals surface area contributed by atoms with Crippen LogP contribution in [0.1, 0.15) is 71.8 Å². The minimum atomic E-state index is -0.868. The van der Waals surface area contributed by atoms with E-state index in [0.29, 0.717) is 17.4 Å². The number of carbonyl (C=O) groups is 1. The van der Waals surface area contributed by atoms with E-state index < -0.39 is 5.97 Å². The van der Waals surface area contributed by atoms with Gasteiger partial charge in [-0.2, -0.15) is 0 Å². The molecule has 1 aliphatic carbocycles. The number of hydrogen-bond donors (Lipinski definition) is 2. The third-order valence-electron chi connectivity index (χ3n) is 6.16.